The maximum atomic E-state index is 13.2. The summed E-state index contributed by atoms with van der Waals surface area (Å²) in [5, 5.41) is 0.967. The quantitative estimate of drug-likeness (QED) is 0.702. The predicted molar refractivity (Wildman–Crippen MR) is 79.3 cm³/mol. The molecule has 0 fully saturated rings. The second kappa shape index (κ2) is 5.03. The molecule has 20 heavy (non-hydrogen) atoms. The molecular weight excluding hydrogens is 298 g/mol. The highest BCUT2D eigenvalue weighted by Crippen LogP contribution is 2.36. The molecule has 0 spiro atoms. The number of hydrogen-bond acceptors (Lipinski definition) is 4. The number of nitrogens with two attached hydrogens (primary N) is 1. The Hall–Kier alpha value is -1.66. The van der Waals surface area contributed by atoms with Gasteiger partial charge in [-0.3, -0.25) is 0 Å². The Morgan fingerprint density at radius 2 is 1.95 bits per heavy atom. The predicted octanol–water partition coefficient (Wildman–Crippen LogP) is 4.62. The van der Waals surface area contributed by atoms with E-state index in [9.17, 15) is 8.78 Å². The highest BCUT2D eigenvalue weighted by atomic mass is 32.2. The van der Waals surface area contributed by atoms with Gasteiger partial charge in [0.1, 0.15) is 0 Å². The molecule has 2 nitrogen and oxygen atoms in total. The van der Waals surface area contributed by atoms with Crippen LogP contribution >= 0.6 is 23.1 Å². The zero-order valence-corrected chi connectivity index (χ0v) is 12.1. The Morgan fingerprint density at radius 3 is 2.70 bits per heavy atom. The molecule has 0 radical (unpaired) electrons. The summed E-state index contributed by atoms with van der Waals surface area (Å²) in [6.45, 7) is 1.93. The van der Waals surface area contributed by atoms with Crippen molar-refractivity contribution in [3.05, 3.63) is 47.0 Å². The van der Waals surface area contributed by atoms with Crippen molar-refractivity contribution in [3.63, 3.8) is 0 Å². The second-order valence-electron chi connectivity index (χ2n) is 4.27. The first-order chi connectivity index (χ1) is 9.52. The van der Waals surface area contributed by atoms with Gasteiger partial charge >= 0.3 is 0 Å². The molecule has 1 heterocycles. The van der Waals surface area contributed by atoms with Crippen molar-refractivity contribution in [1.29, 1.82) is 0 Å². The van der Waals surface area contributed by atoms with Crippen LogP contribution in [0, 0.1) is 18.6 Å². The zero-order chi connectivity index (χ0) is 14.3. The number of nitrogen functional groups attached to an aromatic ring is 1. The van der Waals surface area contributed by atoms with Crippen LogP contribution in [0.3, 0.4) is 0 Å². The van der Waals surface area contributed by atoms with E-state index in [1.807, 2.05) is 19.1 Å². The number of rotatable bonds is 2. The van der Waals surface area contributed by atoms with Crippen LogP contribution in [0.25, 0.3) is 10.2 Å². The summed E-state index contributed by atoms with van der Waals surface area (Å²) in [5.74, 6) is -1.72. The fourth-order valence-corrected chi connectivity index (χ4v) is 3.60. The highest BCUT2D eigenvalue weighted by Gasteiger charge is 2.09. The Balaban J connectivity index is 2.00. The van der Waals surface area contributed by atoms with E-state index in [0.29, 0.717) is 10.6 Å². The molecule has 102 valence electrons. The van der Waals surface area contributed by atoms with Crippen LogP contribution in [-0.2, 0) is 0 Å². The normalized spacial score (nSPS) is 11.2. The van der Waals surface area contributed by atoms with E-state index in [1.54, 1.807) is 11.3 Å². The summed E-state index contributed by atoms with van der Waals surface area (Å²) in [7, 11) is 0. The Bertz CT molecular complexity index is 799. The molecule has 0 saturated heterocycles. The van der Waals surface area contributed by atoms with Gasteiger partial charge in [-0.1, -0.05) is 11.8 Å². The van der Waals surface area contributed by atoms with Gasteiger partial charge in [0.05, 0.1) is 15.2 Å². The van der Waals surface area contributed by atoms with Crippen LogP contribution in [0.5, 0.6) is 0 Å². The fourth-order valence-electron chi connectivity index (χ4n) is 1.84. The molecule has 2 N–H and O–H groups in total. The van der Waals surface area contributed by atoms with Crippen molar-refractivity contribution < 1.29 is 8.78 Å². The fraction of sp³-hybridized carbons (Fsp3) is 0.0714. The van der Waals surface area contributed by atoms with E-state index in [4.69, 9.17) is 5.73 Å². The minimum Gasteiger partial charge on any atom is -0.398 e. The lowest BCUT2D eigenvalue weighted by Gasteiger charge is -2.06. The zero-order valence-electron chi connectivity index (χ0n) is 10.5. The molecular formula is C14H10F2N2S2. The van der Waals surface area contributed by atoms with Crippen LogP contribution in [0.2, 0.25) is 0 Å². The van der Waals surface area contributed by atoms with Crippen molar-refractivity contribution in [3.8, 4) is 0 Å². The SMILES string of the molecule is Cc1nc2cc(Sc3ccc(F)c(F)c3)c(N)cc2s1. The van der Waals surface area contributed by atoms with E-state index in [1.165, 1.54) is 17.8 Å². The molecule has 0 aliphatic carbocycles. The van der Waals surface area contributed by atoms with Gasteiger partial charge < -0.3 is 5.73 Å². The van der Waals surface area contributed by atoms with E-state index < -0.39 is 11.6 Å². The minimum atomic E-state index is -0.862. The monoisotopic (exact) mass is 308 g/mol. The van der Waals surface area contributed by atoms with Gasteiger partial charge in [-0.25, -0.2) is 13.8 Å². The maximum absolute atomic E-state index is 13.2. The summed E-state index contributed by atoms with van der Waals surface area (Å²) in [6.07, 6.45) is 0. The van der Waals surface area contributed by atoms with Gasteiger partial charge in [0.15, 0.2) is 11.6 Å². The maximum Gasteiger partial charge on any atom is 0.159 e. The van der Waals surface area contributed by atoms with Gasteiger partial charge in [-0.2, -0.15) is 0 Å². The minimum absolute atomic E-state index is 0.599. The largest absolute Gasteiger partial charge is 0.398 e. The van der Waals surface area contributed by atoms with Gasteiger partial charge in [-0.15, -0.1) is 11.3 Å². The third-order valence-corrected chi connectivity index (χ3v) is 4.74. The topological polar surface area (TPSA) is 38.9 Å². The smallest absolute Gasteiger partial charge is 0.159 e. The molecule has 0 aliphatic rings. The molecule has 0 amide bonds. The van der Waals surface area contributed by atoms with Gasteiger partial charge in [0.25, 0.3) is 0 Å². The van der Waals surface area contributed by atoms with Crippen LogP contribution in [0.15, 0.2) is 40.1 Å². The number of benzene rings is 2. The van der Waals surface area contributed by atoms with Crippen molar-refractivity contribution >= 4 is 39.0 Å². The summed E-state index contributed by atoms with van der Waals surface area (Å²) in [5.41, 5.74) is 7.48. The van der Waals surface area contributed by atoms with Crippen molar-refractivity contribution in [1.82, 2.24) is 4.98 Å². The van der Waals surface area contributed by atoms with E-state index >= 15 is 0 Å². The average Bonchev–Trinajstić information content (AvgIpc) is 2.73. The summed E-state index contributed by atoms with van der Waals surface area (Å²) in [6, 6.07) is 7.54. The Kier molecular flexibility index (Phi) is 3.35. The lowest BCUT2D eigenvalue weighted by molar-refractivity contribution is 0.506. The van der Waals surface area contributed by atoms with Crippen molar-refractivity contribution in [2.24, 2.45) is 0 Å². The third-order valence-electron chi connectivity index (χ3n) is 2.75. The van der Waals surface area contributed by atoms with Crippen LogP contribution in [-0.4, -0.2) is 4.98 Å². The number of aryl methyl sites for hydroxylation is 1. The highest BCUT2D eigenvalue weighted by molar-refractivity contribution is 7.99. The van der Waals surface area contributed by atoms with Gasteiger partial charge in [0.2, 0.25) is 0 Å². The van der Waals surface area contributed by atoms with Crippen molar-refractivity contribution in [2.75, 3.05) is 5.73 Å². The molecule has 3 rings (SSSR count). The first-order valence-corrected chi connectivity index (χ1v) is 7.46. The number of nitrogens with zero attached hydrogens (tertiary/aromatic N) is 1. The Morgan fingerprint density at radius 1 is 1.15 bits per heavy atom. The first-order valence-electron chi connectivity index (χ1n) is 5.82. The van der Waals surface area contributed by atoms with E-state index in [2.05, 4.69) is 4.98 Å². The van der Waals surface area contributed by atoms with Crippen molar-refractivity contribution in [2.45, 2.75) is 16.7 Å². The van der Waals surface area contributed by atoms with E-state index in [0.717, 1.165) is 32.3 Å². The molecule has 6 heteroatoms. The van der Waals surface area contributed by atoms with Gasteiger partial charge in [-0.05, 0) is 37.3 Å². The first kappa shape index (κ1) is 13.3. The number of fused-ring (bicyclic) bond motifs is 1. The molecule has 0 unspecified atom stereocenters. The standard InChI is InChI=1S/C14H10F2N2S2/c1-7-18-12-6-13(11(17)5-14(12)19-7)20-8-2-3-9(15)10(16)4-8/h2-6H,17H2,1H3. The lowest BCUT2D eigenvalue weighted by atomic mass is 10.3. The van der Waals surface area contributed by atoms with Crippen LogP contribution in [0.1, 0.15) is 5.01 Å². The van der Waals surface area contributed by atoms with Crippen LogP contribution < -0.4 is 5.73 Å². The molecule has 2 aromatic carbocycles. The molecule has 0 atom stereocenters. The number of halogens is 2. The summed E-state index contributed by atoms with van der Waals surface area (Å²) >= 11 is 2.87. The van der Waals surface area contributed by atoms with E-state index in [-0.39, 0.29) is 0 Å². The van der Waals surface area contributed by atoms with Gasteiger partial charge in [0, 0.05) is 15.5 Å². The number of aromatic nitrogens is 1. The average molecular weight is 308 g/mol. The molecule has 1 aromatic heterocycles. The lowest BCUT2D eigenvalue weighted by Crippen LogP contribution is -1.89. The Labute approximate surface area is 122 Å². The number of hydrogen-bond donors (Lipinski definition) is 1. The summed E-state index contributed by atoms with van der Waals surface area (Å²) in [4.78, 5) is 5.79. The van der Waals surface area contributed by atoms with Crippen LogP contribution in [0.4, 0.5) is 14.5 Å². The molecule has 0 aliphatic heterocycles. The second-order valence-corrected chi connectivity index (χ2v) is 6.62. The molecule has 3 aromatic rings. The molecule has 0 bridgehead atoms. The summed E-state index contributed by atoms with van der Waals surface area (Å²) < 4.78 is 27.1. The third kappa shape index (κ3) is 2.48. The number of anilines is 1. The number of thiazole rings is 1. The molecule has 0 saturated carbocycles.